The predicted octanol–water partition coefficient (Wildman–Crippen LogP) is 0.794. The summed E-state index contributed by atoms with van der Waals surface area (Å²) >= 11 is 0. The third kappa shape index (κ3) is 0.428. The van der Waals surface area contributed by atoms with E-state index in [2.05, 4.69) is 0 Å². The first-order valence-electron chi connectivity index (χ1n) is 2.50. The highest BCUT2D eigenvalue weighted by atomic mass is 16.6. The molecule has 0 N–H and O–H groups in total. The monoisotopic (exact) mass is 73.1 g/mol. The van der Waals surface area contributed by atoms with Crippen LogP contribution < -0.4 is 0 Å². The third-order valence-electron chi connectivity index (χ3n) is 0.836. The van der Waals surface area contributed by atoms with Crippen molar-refractivity contribution in [2.45, 2.75) is 26.0 Å². The quantitative estimate of drug-likeness (QED) is 0.386. The molecule has 0 spiro atoms. The van der Waals surface area contributed by atoms with Crippen molar-refractivity contribution in [2.75, 3.05) is 0 Å². The zero-order chi connectivity index (χ0) is 4.57. The van der Waals surface area contributed by atoms with Gasteiger partial charge in [-0.25, -0.2) is 0 Å². The zero-order valence-corrected chi connectivity index (χ0v) is 3.27. The fraction of sp³-hybridized carbons (Fsp3) is 1.00. The Balaban J connectivity index is 2.09. The molecule has 0 bridgehead atoms. The van der Waals surface area contributed by atoms with Crippen LogP contribution in [0.25, 0.3) is 0 Å². The Hall–Kier alpha value is -0.0400. The highest BCUT2D eigenvalue weighted by molar-refractivity contribution is 4.73. The van der Waals surface area contributed by atoms with Gasteiger partial charge in [0.25, 0.3) is 0 Å². The van der Waals surface area contributed by atoms with Crippen LogP contribution in [0.5, 0.6) is 0 Å². The molecule has 0 aromatic rings. The number of epoxide rings is 1. The molecule has 1 aliphatic rings. The molecule has 1 aliphatic heterocycles. The van der Waals surface area contributed by atoms with Gasteiger partial charge in [-0.3, -0.25) is 0 Å². The van der Waals surface area contributed by atoms with Crippen LogP contribution in [0.15, 0.2) is 0 Å². The molecule has 2 unspecified atom stereocenters. The molecule has 1 fully saturated rings. The first-order valence-corrected chi connectivity index (χ1v) is 1.79. The second-order valence-electron chi connectivity index (χ2n) is 1.38. The van der Waals surface area contributed by atoms with Gasteiger partial charge in [0.05, 0.1) is 12.2 Å². The van der Waals surface area contributed by atoms with E-state index < -0.39 is 0 Å². The molecule has 0 amide bonds. The number of hydrogen-bond donors (Lipinski definition) is 0. The Bertz CT molecular complexity index is 53.5. The summed E-state index contributed by atoms with van der Waals surface area (Å²) in [6.07, 6.45) is 0.646. The molecule has 30 valence electrons. The van der Waals surface area contributed by atoms with E-state index in [0.717, 1.165) is 0 Å². The zero-order valence-electron chi connectivity index (χ0n) is 4.27. The second-order valence-corrected chi connectivity index (χ2v) is 1.38. The molecule has 0 aromatic heterocycles. The fourth-order valence-electron chi connectivity index (χ4n) is 0.230. The molecule has 0 aliphatic carbocycles. The van der Waals surface area contributed by atoms with E-state index in [9.17, 15) is 0 Å². The largest absolute Gasteiger partial charge is 0.370 e. The van der Waals surface area contributed by atoms with Crippen LogP contribution in [0.1, 0.15) is 15.2 Å². The lowest BCUT2D eigenvalue weighted by Gasteiger charge is -1.57. The van der Waals surface area contributed by atoms with Gasteiger partial charge in [-0.1, -0.05) is 0 Å². The summed E-state index contributed by atoms with van der Waals surface area (Å²) < 4.78 is 11.6. The van der Waals surface area contributed by atoms with E-state index in [4.69, 9.17) is 6.11 Å². The lowest BCUT2D eigenvalue weighted by molar-refractivity contribution is 0.389. The molecule has 2 atom stereocenters. The van der Waals surface area contributed by atoms with Crippen molar-refractivity contribution in [3.8, 4) is 0 Å². The molecular weight excluding hydrogens is 64.0 g/mol. The lowest BCUT2D eigenvalue weighted by atomic mass is 10.4. The van der Waals surface area contributed by atoms with Gasteiger partial charge in [0.1, 0.15) is 0 Å². The van der Waals surface area contributed by atoms with Crippen LogP contribution in [0.2, 0.25) is 0 Å². The highest BCUT2D eigenvalue weighted by Crippen LogP contribution is 2.18. The fourth-order valence-corrected chi connectivity index (χ4v) is 0.230. The number of hydrogen-bond acceptors (Lipinski definition) is 1. The van der Waals surface area contributed by atoms with Crippen molar-refractivity contribution in [3.05, 3.63) is 0 Å². The van der Waals surface area contributed by atoms with Gasteiger partial charge in [-0.2, -0.15) is 0 Å². The summed E-state index contributed by atoms with van der Waals surface area (Å²) in [6.45, 7) is 2.42. The Morgan fingerprint density at radius 2 is 2.40 bits per heavy atom. The van der Waals surface area contributed by atoms with E-state index in [1.165, 1.54) is 0 Å². The summed E-state index contributed by atoms with van der Waals surface area (Å²) in [7, 11) is 0. The molecule has 5 heavy (non-hydrogen) atoms. The normalized spacial score (nSPS) is 51.8. The molecule has 0 aromatic carbocycles. The Morgan fingerprint density at radius 3 is 2.40 bits per heavy atom. The predicted molar refractivity (Wildman–Crippen MR) is 20.0 cm³/mol. The van der Waals surface area contributed by atoms with Gasteiger partial charge >= 0.3 is 0 Å². The van der Waals surface area contributed by atoms with Crippen molar-refractivity contribution in [2.24, 2.45) is 0 Å². The lowest BCUT2D eigenvalue weighted by Crippen LogP contribution is -1.74. The first-order chi connectivity index (χ1) is 2.84. The first kappa shape index (κ1) is 2.19. The van der Waals surface area contributed by atoms with Gasteiger partial charge in [0, 0.05) is 1.37 Å². The van der Waals surface area contributed by atoms with E-state index in [1.54, 1.807) is 0 Å². The Labute approximate surface area is 33.3 Å². The van der Waals surface area contributed by atoms with E-state index in [0.29, 0.717) is 13.0 Å². The summed E-state index contributed by atoms with van der Waals surface area (Å²) in [5, 5.41) is 0. The number of ether oxygens (including phenoxy) is 1. The maximum absolute atomic E-state index is 6.73. The van der Waals surface area contributed by atoms with E-state index in [1.807, 2.05) is 6.92 Å². The van der Waals surface area contributed by atoms with Crippen LogP contribution in [0, 0.1) is 0 Å². The van der Waals surface area contributed by atoms with Gasteiger partial charge in [0.2, 0.25) is 0 Å². The smallest absolute Gasteiger partial charge is 0.0811 e. The van der Waals surface area contributed by atoms with Crippen LogP contribution in [0.3, 0.4) is 0 Å². The van der Waals surface area contributed by atoms with Gasteiger partial charge in [-0.05, 0) is 13.8 Å². The molecule has 1 heterocycles. The van der Waals surface area contributed by atoms with Crippen molar-refractivity contribution in [1.82, 2.24) is 0 Å². The Morgan fingerprint density at radius 1 is 1.80 bits per heavy atom. The summed E-state index contributed by atoms with van der Waals surface area (Å²) in [5.74, 6) is 0. The van der Waals surface area contributed by atoms with Crippen LogP contribution >= 0.6 is 0 Å². The Kier molecular flexibility index (Phi) is 0.314. The maximum atomic E-state index is 6.73. The average molecular weight is 73.1 g/mol. The topological polar surface area (TPSA) is 12.5 Å². The molecule has 1 nitrogen and oxygen atoms in total. The minimum atomic E-state index is 0.269. The molecule has 0 radical (unpaired) electrons. The molecule has 1 heteroatoms. The molecule has 0 saturated carbocycles. The second kappa shape index (κ2) is 0.716. The third-order valence-corrected chi connectivity index (χ3v) is 0.836. The molecular formula is C4H8O. The molecule has 1 rings (SSSR count). The summed E-state index contributed by atoms with van der Waals surface area (Å²) in [4.78, 5) is 0. The SMILES string of the molecule is [2H]CC1OC1C. The standard InChI is InChI=1S/C4H8O/c1-3-4(2)5-3/h3-4H,1-2H3/i1D. The molecule has 1 saturated heterocycles. The van der Waals surface area contributed by atoms with Crippen LogP contribution in [-0.2, 0) is 4.74 Å². The minimum Gasteiger partial charge on any atom is -0.370 e. The van der Waals surface area contributed by atoms with Crippen LogP contribution in [-0.4, -0.2) is 12.2 Å². The average Bonchev–Trinajstić information content (AvgIpc) is 2.19. The van der Waals surface area contributed by atoms with E-state index >= 15 is 0 Å². The summed E-state index contributed by atoms with van der Waals surface area (Å²) in [6, 6.07) is 0. The minimum absolute atomic E-state index is 0.269. The van der Waals surface area contributed by atoms with Crippen molar-refractivity contribution >= 4 is 0 Å². The van der Waals surface area contributed by atoms with Crippen LogP contribution in [0.4, 0.5) is 0 Å². The van der Waals surface area contributed by atoms with Crippen molar-refractivity contribution in [3.63, 3.8) is 0 Å². The number of rotatable bonds is 0. The van der Waals surface area contributed by atoms with Crippen molar-refractivity contribution < 1.29 is 6.11 Å². The van der Waals surface area contributed by atoms with Crippen molar-refractivity contribution in [1.29, 1.82) is 0 Å². The van der Waals surface area contributed by atoms with Gasteiger partial charge in [0.15, 0.2) is 0 Å². The van der Waals surface area contributed by atoms with E-state index in [-0.39, 0.29) is 6.10 Å². The van der Waals surface area contributed by atoms with Gasteiger partial charge < -0.3 is 4.74 Å². The maximum Gasteiger partial charge on any atom is 0.0811 e. The van der Waals surface area contributed by atoms with Gasteiger partial charge in [-0.15, -0.1) is 0 Å². The summed E-state index contributed by atoms with van der Waals surface area (Å²) in [5.41, 5.74) is 0. The highest BCUT2D eigenvalue weighted by Gasteiger charge is 2.27.